The van der Waals surface area contributed by atoms with E-state index in [2.05, 4.69) is 0 Å². The standard InChI is InChI=1S/C15H14O/c1-11-7-3-5-9-13(11)14-10-6-4-8-12(2)15(14)16/h3-10H,1-2H3. The maximum atomic E-state index is 12.1. The molecule has 1 nitrogen and oxygen atoms in total. The van der Waals surface area contributed by atoms with Crippen LogP contribution in [0, 0.1) is 13.8 Å². The monoisotopic (exact) mass is 210 g/mol. The second kappa shape index (κ2) is 4.31. The van der Waals surface area contributed by atoms with Gasteiger partial charge in [0.1, 0.15) is 0 Å². The van der Waals surface area contributed by atoms with Crippen molar-refractivity contribution in [1.29, 1.82) is 0 Å². The van der Waals surface area contributed by atoms with Crippen LogP contribution in [0.15, 0.2) is 53.3 Å². The first-order valence-electron chi connectivity index (χ1n) is 5.36. The van der Waals surface area contributed by atoms with Crippen LogP contribution in [-0.4, -0.2) is 0 Å². The summed E-state index contributed by atoms with van der Waals surface area (Å²) in [5.74, 6) is 0. The molecular formula is C15H14O. The van der Waals surface area contributed by atoms with Crippen molar-refractivity contribution >= 4 is 0 Å². The highest BCUT2D eigenvalue weighted by Crippen LogP contribution is 2.19. The van der Waals surface area contributed by atoms with Gasteiger partial charge in [-0.15, -0.1) is 0 Å². The average Bonchev–Trinajstić information content (AvgIpc) is 2.44. The van der Waals surface area contributed by atoms with Gasteiger partial charge in [0.25, 0.3) is 0 Å². The summed E-state index contributed by atoms with van der Waals surface area (Å²) in [5, 5.41) is 0. The van der Waals surface area contributed by atoms with Crippen LogP contribution < -0.4 is 5.43 Å². The second-order valence-electron chi connectivity index (χ2n) is 3.96. The van der Waals surface area contributed by atoms with Crippen LogP contribution in [0.25, 0.3) is 11.1 Å². The molecule has 0 atom stereocenters. The average molecular weight is 210 g/mol. The van der Waals surface area contributed by atoms with Crippen LogP contribution in [-0.2, 0) is 0 Å². The molecule has 0 saturated carbocycles. The lowest BCUT2D eigenvalue weighted by Gasteiger charge is -2.02. The molecular weight excluding hydrogens is 196 g/mol. The molecule has 0 aliphatic carbocycles. The molecule has 0 N–H and O–H groups in total. The topological polar surface area (TPSA) is 17.1 Å². The Balaban J connectivity index is 2.77. The molecule has 2 rings (SSSR count). The third kappa shape index (κ3) is 1.89. The molecule has 0 bridgehead atoms. The van der Waals surface area contributed by atoms with Gasteiger partial charge >= 0.3 is 0 Å². The molecule has 0 aromatic heterocycles. The van der Waals surface area contributed by atoms with E-state index in [4.69, 9.17) is 0 Å². The zero-order valence-electron chi connectivity index (χ0n) is 9.53. The summed E-state index contributed by atoms with van der Waals surface area (Å²) in [7, 11) is 0. The summed E-state index contributed by atoms with van der Waals surface area (Å²) in [4.78, 5) is 12.1. The molecule has 2 aromatic rings. The molecule has 80 valence electrons. The van der Waals surface area contributed by atoms with Gasteiger partial charge in [-0.3, -0.25) is 4.79 Å². The van der Waals surface area contributed by atoms with Crippen molar-refractivity contribution in [3.05, 3.63) is 69.9 Å². The maximum absolute atomic E-state index is 12.1. The van der Waals surface area contributed by atoms with E-state index in [9.17, 15) is 4.79 Å². The third-order valence-electron chi connectivity index (χ3n) is 2.76. The Morgan fingerprint density at radius 3 is 1.81 bits per heavy atom. The first-order chi connectivity index (χ1) is 7.70. The van der Waals surface area contributed by atoms with Gasteiger partial charge in [0.15, 0.2) is 5.43 Å². The summed E-state index contributed by atoms with van der Waals surface area (Å²) in [6.45, 7) is 3.88. The van der Waals surface area contributed by atoms with Gasteiger partial charge in [-0.1, -0.05) is 48.5 Å². The van der Waals surface area contributed by atoms with Crippen molar-refractivity contribution in [1.82, 2.24) is 0 Å². The fraction of sp³-hybridized carbons (Fsp3) is 0.133. The van der Waals surface area contributed by atoms with Crippen LogP contribution in [0.5, 0.6) is 0 Å². The highest BCUT2D eigenvalue weighted by Gasteiger charge is 2.04. The SMILES string of the molecule is Cc1ccccc1-c1ccccc(C)c1=O. The predicted molar refractivity (Wildman–Crippen MR) is 67.6 cm³/mol. The highest BCUT2D eigenvalue weighted by molar-refractivity contribution is 5.67. The minimum Gasteiger partial charge on any atom is -0.289 e. The lowest BCUT2D eigenvalue weighted by Crippen LogP contribution is -2.05. The van der Waals surface area contributed by atoms with Crippen LogP contribution >= 0.6 is 0 Å². The molecule has 1 heteroatoms. The van der Waals surface area contributed by atoms with Crippen LogP contribution in [0.1, 0.15) is 11.1 Å². The molecule has 0 unspecified atom stereocenters. The van der Waals surface area contributed by atoms with E-state index in [1.54, 1.807) is 0 Å². The van der Waals surface area contributed by atoms with E-state index < -0.39 is 0 Å². The number of rotatable bonds is 1. The Hall–Kier alpha value is -1.89. The van der Waals surface area contributed by atoms with Crippen molar-refractivity contribution in [3.8, 4) is 11.1 Å². The van der Waals surface area contributed by atoms with Crippen molar-refractivity contribution in [2.24, 2.45) is 0 Å². The molecule has 0 fully saturated rings. The molecule has 16 heavy (non-hydrogen) atoms. The van der Waals surface area contributed by atoms with Crippen molar-refractivity contribution < 1.29 is 0 Å². The van der Waals surface area contributed by atoms with E-state index >= 15 is 0 Å². The van der Waals surface area contributed by atoms with E-state index in [0.717, 1.165) is 22.3 Å². The molecule has 0 saturated heterocycles. The fourth-order valence-electron chi connectivity index (χ4n) is 1.80. The molecule has 0 aliphatic heterocycles. The van der Waals surface area contributed by atoms with Gasteiger partial charge < -0.3 is 0 Å². The quantitative estimate of drug-likeness (QED) is 0.705. The smallest absolute Gasteiger partial charge is 0.189 e. The Kier molecular flexibility index (Phi) is 2.86. The predicted octanol–water partition coefficient (Wildman–Crippen LogP) is 3.33. The zero-order chi connectivity index (χ0) is 11.5. The highest BCUT2D eigenvalue weighted by atomic mass is 16.1. The maximum Gasteiger partial charge on any atom is 0.189 e. The Labute approximate surface area is 95.4 Å². The van der Waals surface area contributed by atoms with Crippen LogP contribution in [0.2, 0.25) is 0 Å². The molecule has 2 aromatic carbocycles. The van der Waals surface area contributed by atoms with Crippen molar-refractivity contribution in [2.75, 3.05) is 0 Å². The molecule has 0 amide bonds. The van der Waals surface area contributed by atoms with Gasteiger partial charge in [-0.2, -0.15) is 0 Å². The number of hydrogen-bond acceptors (Lipinski definition) is 1. The third-order valence-corrected chi connectivity index (χ3v) is 2.76. The summed E-state index contributed by atoms with van der Waals surface area (Å²) in [5.41, 5.74) is 3.82. The Morgan fingerprint density at radius 1 is 0.688 bits per heavy atom. The number of aryl methyl sites for hydroxylation is 2. The lowest BCUT2D eigenvalue weighted by atomic mass is 10.0. The van der Waals surface area contributed by atoms with Crippen molar-refractivity contribution in [2.45, 2.75) is 13.8 Å². The van der Waals surface area contributed by atoms with Crippen LogP contribution in [0.4, 0.5) is 0 Å². The Bertz CT molecular complexity index is 570. The fourth-order valence-corrected chi connectivity index (χ4v) is 1.80. The first kappa shape index (κ1) is 10.6. The summed E-state index contributed by atoms with van der Waals surface area (Å²) in [6, 6.07) is 15.5. The van der Waals surface area contributed by atoms with Crippen molar-refractivity contribution in [3.63, 3.8) is 0 Å². The lowest BCUT2D eigenvalue weighted by molar-refractivity contribution is 1.40. The van der Waals surface area contributed by atoms with E-state index in [0.29, 0.717) is 0 Å². The first-order valence-corrected chi connectivity index (χ1v) is 5.36. The van der Waals surface area contributed by atoms with Crippen LogP contribution in [0.3, 0.4) is 0 Å². The van der Waals surface area contributed by atoms with Gasteiger partial charge in [-0.25, -0.2) is 0 Å². The Morgan fingerprint density at radius 2 is 1.19 bits per heavy atom. The molecule has 0 aliphatic rings. The zero-order valence-corrected chi connectivity index (χ0v) is 9.53. The second-order valence-corrected chi connectivity index (χ2v) is 3.96. The van der Waals surface area contributed by atoms with Gasteiger partial charge in [-0.05, 0) is 30.5 Å². The molecule has 0 heterocycles. The summed E-state index contributed by atoms with van der Waals surface area (Å²) in [6.07, 6.45) is 0. The van der Waals surface area contributed by atoms with E-state index in [1.165, 1.54) is 0 Å². The molecule has 0 radical (unpaired) electrons. The number of hydrogen-bond donors (Lipinski definition) is 0. The largest absolute Gasteiger partial charge is 0.289 e. The summed E-state index contributed by atoms with van der Waals surface area (Å²) >= 11 is 0. The number of benzene rings is 1. The van der Waals surface area contributed by atoms with E-state index in [1.807, 2.05) is 62.4 Å². The normalized spacial score (nSPS) is 10.1. The van der Waals surface area contributed by atoms with Gasteiger partial charge in [0, 0.05) is 5.56 Å². The summed E-state index contributed by atoms with van der Waals surface area (Å²) < 4.78 is 0. The van der Waals surface area contributed by atoms with Gasteiger partial charge in [0.05, 0.1) is 0 Å². The van der Waals surface area contributed by atoms with Gasteiger partial charge in [0.2, 0.25) is 0 Å². The minimum absolute atomic E-state index is 0.110. The minimum atomic E-state index is 0.110. The molecule has 0 spiro atoms. The van der Waals surface area contributed by atoms with E-state index in [-0.39, 0.29) is 5.43 Å².